The highest BCUT2D eigenvalue weighted by Crippen LogP contribution is 2.12. The van der Waals surface area contributed by atoms with Gasteiger partial charge in [-0.3, -0.25) is 9.78 Å². The molecular weight excluding hydrogens is 218 g/mol. The van der Waals surface area contributed by atoms with Crippen LogP contribution in [0.2, 0.25) is 0 Å². The lowest BCUT2D eigenvalue weighted by molar-refractivity contribution is 0.0793. The molecule has 86 valence electrons. The van der Waals surface area contributed by atoms with Crippen LogP contribution in [0.1, 0.15) is 16.1 Å². The lowest BCUT2D eigenvalue weighted by atomic mass is 10.1. The van der Waals surface area contributed by atoms with Crippen LogP contribution in [-0.2, 0) is 0 Å². The minimum Gasteiger partial charge on any atom is -0.397 e. The highest BCUT2D eigenvalue weighted by molar-refractivity contribution is 5.96. The van der Waals surface area contributed by atoms with E-state index >= 15 is 0 Å². The van der Waals surface area contributed by atoms with E-state index in [4.69, 9.17) is 16.3 Å². The lowest BCUT2D eigenvalue weighted by Gasteiger charge is -2.16. The predicted molar refractivity (Wildman–Crippen MR) is 60.5 cm³/mol. The number of nitrogens with two attached hydrogens (primary N) is 1. The number of carbonyl (C=O) groups excluding carboxylic acids is 1. The van der Waals surface area contributed by atoms with Crippen LogP contribution < -0.4 is 5.73 Å². The van der Waals surface area contributed by atoms with Gasteiger partial charge in [0.15, 0.2) is 0 Å². The fraction of sp³-hybridized carbons (Fsp3) is 0.273. The van der Waals surface area contributed by atoms with Gasteiger partial charge in [-0.1, -0.05) is 0 Å². The molecule has 0 saturated heterocycles. The molecule has 0 aromatic carbocycles. The highest BCUT2D eigenvalue weighted by atomic mass is 16.2. The van der Waals surface area contributed by atoms with E-state index in [1.165, 1.54) is 12.3 Å². The van der Waals surface area contributed by atoms with Gasteiger partial charge in [0, 0.05) is 0 Å². The van der Waals surface area contributed by atoms with E-state index in [2.05, 4.69) is 4.98 Å². The molecule has 0 fully saturated rings. The van der Waals surface area contributed by atoms with Gasteiger partial charge in [-0.15, -0.1) is 0 Å². The normalized spacial score (nSPS) is 9.12. The average molecular weight is 229 g/mol. The van der Waals surface area contributed by atoms with Crippen LogP contribution in [0, 0.1) is 29.6 Å². The number of rotatable bonds is 3. The third kappa shape index (κ3) is 2.93. The van der Waals surface area contributed by atoms with Crippen molar-refractivity contribution >= 4 is 11.6 Å². The second-order valence-electron chi connectivity index (χ2n) is 3.38. The van der Waals surface area contributed by atoms with Crippen molar-refractivity contribution in [2.75, 3.05) is 18.8 Å². The van der Waals surface area contributed by atoms with Crippen molar-refractivity contribution < 1.29 is 4.79 Å². The summed E-state index contributed by atoms with van der Waals surface area (Å²) in [5, 5.41) is 17.2. The van der Waals surface area contributed by atoms with Crippen molar-refractivity contribution in [3.05, 3.63) is 23.5 Å². The number of nitrogens with zero attached hydrogens (tertiary/aromatic N) is 4. The first-order valence-corrected chi connectivity index (χ1v) is 4.85. The highest BCUT2D eigenvalue weighted by Gasteiger charge is 2.17. The van der Waals surface area contributed by atoms with Gasteiger partial charge >= 0.3 is 0 Å². The Morgan fingerprint density at radius 3 is 2.59 bits per heavy atom. The molecule has 0 unspecified atom stereocenters. The molecule has 1 heterocycles. The molecule has 0 atom stereocenters. The number of hydrogen-bond donors (Lipinski definition) is 1. The van der Waals surface area contributed by atoms with Gasteiger partial charge in [0.25, 0.3) is 5.91 Å². The van der Waals surface area contributed by atoms with Gasteiger partial charge in [-0.05, 0) is 13.0 Å². The van der Waals surface area contributed by atoms with Gasteiger partial charge in [0.05, 0.1) is 35.3 Å². The minimum atomic E-state index is -0.412. The van der Waals surface area contributed by atoms with Crippen LogP contribution >= 0.6 is 0 Å². The number of amides is 1. The first-order valence-electron chi connectivity index (χ1n) is 4.85. The Labute approximate surface area is 98.9 Å². The summed E-state index contributed by atoms with van der Waals surface area (Å²) < 4.78 is 0. The first kappa shape index (κ1) is 12.5. The van der Waals surface area contributed by atoms with Crippen molar-refractivity contribution in [2.24, 2.45) is 0 Å². The van der Waals surface area contributed by atoms with Crippen LogP contribution in [0.4, 0.5) is 5.69 Å². The van der Waals surface area contributed by atoms with Crippen molar-refractivity contribution in [3.63, 3.8) is 0 Å². The largest absolute Gasteiger partial charge is 0.397 e. The van der Waals surface area contributed by atoms with Crippen molar-refractivity contribution in [2.45, 2.75) is 6.92 Å². The Bertz CT molecular complexity index is 496. The van der Waals surface area contributed by atoms with Crippen LogP contribution in [0.15, 0.2) is 12.3 Å². The molecule has 0 aliphatic rings. The second-order valence-corrected chi connectivity index (χ2v) is 3.38. The van der Waals surface area contributed by atoms with E-state index < -0.39 is 5.91 Å². The number of anilines is 1. The number of hydrogen-bond acceptors (Lipinski definition) is 5. The zero-order valence-corrected chi connectivity index (χ0v) is 9.34. The molecule has 0 radical (unpaired) electrons. The summed E-state index contributed by atoms with van der Waals surface area (Å²) >= 11 is 0. The quantitative estimate of drug-likeness (QED) is 0.757. The van der Waals surface area contributed by atoms with Crippen LogP contribution in [0.3, 0.4) is 0 Å². The van der Waals surface area contributed by atoms with E-state index in [-0.39, 0.29) is 13.1 Å². The molecule has 1 amide bonds. The van der Waals surface area contributed by atoms with Crippen molar-refractivity contribution in [3.8, 4) is 12.1 Å². The zero-order chi connectivity index (χ0) is 12.8. The number of nitriles is 2. The Morgan fingerprint density at radius 1 is 1.47 bits per heavy atom. The van der Waals surface area contributed by atoms with Gasteiger partial charge in [0.1, 0.15) is 13.1 Å². The van der Waals surface area contributed by atoms with Crippen LogP contribution in [0.5, 0.6) is 0 Å². The molecule has 0 aliphatic heterocycles. The van der Waals surface area contributed by atoms with Gasteiger partial charge in [-0.2, -0.15) is 10.5 Å². The van der Waals surface area contributed by atoms with E-state index in [1.54, 1.807) is 6.92 Å². The molecule has 0 spiro atoms. The fourth-order valence-electron chi connectivity index (χ4n) is 1.31. The number of nitrogen functional groups attached to an aromatic ring is 1. The number of aryl methyl sites for hydroxylation is 1. The Hall–Kier alpha value is -2.60. The summed E-state index contributed by atoms with van der Waals surface area (Å²) in [6.07, 6.45) is 1.45. The first-order chi connectivity index (χ1) is 8.10. The zero-order valence-electron chi connectivity index (χ0n) is 9.34. The van der Waals surface area contributed by atoms with E-state index in [9.17, 15) is 4.79 Å². The van der Waals surface area contributed by atoms with Crippen LogP contribution in [0.25, 0.3) is 0 Å². The Balaban J connectivity index is 3.06. The second kappa shape index (κ2) is 5.47. The predicted octanol–water partition coefficient (Wildman–Crippen LogP) is 0.462. The Morgan fingerprint density at radius 2 is 2.06 bits per heavy atom. The Kier molecular flexibility index (Phi) is 4.02. The smallest absolute Gasteiger partial charge is 0.257 e. The summed E-state index contributed by atoms with van der Waals surface area (Å²) in [6.45, 7) is 1.39. The monoisotopic (exact) mass is 229 g/mol. The maximum Gasteiger partial charge on any atom is 0.257 e. The summed E-state index contributed by atoms with van der Waals surface area (Å²) in [7, 11) is 0. The standard InChI is InChI=1S/C11H11N5O/c1-8-10(6-9(14)7-15-8)11(17)16(4-2-12)5-3-13/h6-7H,4-5,14H2,1H3. The van der Waals surface area contributed by atoms with Gasteiger partial charge in [0.2, 0.25) is 0 Å². The topological polar surface area (TPSA) is 107 Å². The molecule has 17 heavy (non-hydrogen) atoms. The van der Waals surface area contributed by atoms with Crippen molar-refractivity contribution in [1.29, 1.82) is 10.5 Å². The third-order valence-electron chi connectivity index (χ3n) is 2.15. The SMILES string of the molecule is Cc1ncc(N)cc1C(=O)N(CC#N)CC#N. The van der Waals surface area contributed by atoms with Crippen LogP contribution in [-0.4, -0.2) is 28.9 Å². The molecule has 6 nitrogen and oxygen atoms in total. The molecule has 0 aliphatic carbocycles. The van der Waals surface area contributed by atoms with E-state index in [0.29, 0.717) is 16.9 Å². The molecule has 1 aromatic heterocycles. The molecule has 2 N–H and O–H groups in total. The van der Waals surface area contributed by atoms with Gasteiger partial charge in [-0.25, -0.2) is 0 Å². The maximum absolute atomic E-state index is 12.0. The number of pyridine rings is 1. The van der Waals surface area contributed by atoms with Crippen molar-refractivity contribution in [1.82, 2.24) is 9.88 Å². The fourth-order valence-corrected chi connectivity index (χ4v) is 1.31. The summed E-state index contributed by atoms with van der Waals surface area (Å²) in [6, 6.07) is 5.17. The summed E-state index contributed by atoms with van der Waals surface area (Å²) in [5.41, 5.74) is 6.75. The number of carbonyl (C=O) groups is 1. The minimum absolute atomic E-state index is 0.138. The van der Waals surface area contributed by atoms with E-state index in [0.717, 1.165) is 4.90 Å². The molecule has 0 saturated carbocycles. The maximum atomic E-state index is 12.0. The summed E-state index contributed by atoms with van der Waals surface area (Å²) in [5.74, 6) is -0.412. The molecule has 0 bridgehead atoms. The van der Waals surface area contributed by atoms with E-state index in [1.807, 2.05) is 12.1 Å². The molecule has 1 aromatic rings. The molecular formula is C11H11N5O. The lowest BCUT2D eigenvalue weighted by Crippen LogP contribution is -2.32. The molecule has 6 heteroatoms. The number of aromatic nitrogens is 1. The summed E-state index contributed by atoms with van der Waals surface area (Å²) in [4.78, 5) is 17.1. The average Bonchev–Trinajstić information content (AvgIpc) is 2.31. The third-order valence-corrected chi connectivity index (χ3v) is 2.15. The van der Waals surface area contributed by atoms with Gasteiger partial charge < -0.3 is 10.6 Å². The molecule has 1 rings (SSSR count).